The first-order valence-corrected chi connectivity index (χ1v) is 12.5. The van der Waals surface area contributed by atoms with E-state index in [9.17, 15) is 13.2 Å². The van der Waals surface area contributed by atoms with E-state index in [1.807, 2.05) is 6.07 Å². The highest BCUT2D eigenvalue weighted by Gasteiger charge is 2.68. The van der Waals surface area contributed by atoms with Gasteiger partial charge < -0.3 is 15.2 Å². The van der Waals surface area contributed by atoms with Crippen LogP contribution in [0.5, 0.6) is 5.75 Å². The van der Waals surface area contributed by atoms with Crippen LogP contribution in [0.2, 0.25) is 0 Å². The molecule has 6 atom stereocenters. The highest BCUT2D eigenvalue weighted by molar-refractivity contribution is 5.64. The second-order valence-corrected chi connectivity index (χ2v) is 10.7. The summed E-state index contributed by atoms with van der Waals surface area (Å²) in [7, 11) is 0. The van der Waals surface area contributed by atoms with Crippen molar-refractivity contribution in [3.63, 3.8) is 0 Å². The Balaban J connectivity index is 1.42. The fourth-order valence-corrected chi connectivity index (χ4v) is 6.42. The predicted octanol–water partition coefficient (Wildman–Crippen LogP) is 5.00. The maximum absolute atomic E-state index is 12.8. The van der Waals surface area contributed by atoms with Crippen LogP contribution < -0.4 is 10.5 Å². The van der Waals surface area contributed by atoms with E-state index in [0.29, 0.717) is 35.2 Å². The molecule has 2 aliphatic carbocycles. The van der Waals surface area contributed by atoms with Gasteiger partial charge in [0.05, 0.1) is 18.9 Å². The molecule has 3 aliphatic rings. The third-order valence-corrected chi connectivity index (χ3v) is 8.44. The first-order valence-electron chi connectivity index (χ1n) is 12.5. The van der Waals surface area contributed by atoms with Gasteiger partial charge in [-0.1, -0.05) is 13.8 Å². The Kier molecular flexibility index (Phi) is 6.03. The molecule has 0 spiro atoms. The molecule has 3 heterocycles. The average molecular weight is 494 g/mol. The number of nitrogen functional groups attached to an aromatic ring is 1. The molecule has 1 aliphatic heterocycles. The largest absolute Gasteiger partial charge is 0.573 e. The van der Waals surface area contributed by atoms with Gasteiger partial charge in [-0.3, -0.25) is 9.58 Å². The number of fused-ring (bicyclic) bond motifs is 1. The number of ether oxygens (including phenoxy) is 2. The minimum absolute atomic E-state index is 0.173. The van der Waals surface area contributed by atoms with Crippen LogP contribution in [-0.2, 0) is 4.74 Å². The summed E-state index contributed by atoms with van der Waals surface area (Å²) in [6.07, 6.45) is -0.195. The van der Waals surface area contributed by atoms with Crippen LogP contribution in [-0.4, -0.2) is 57.9 Å². The van der Waals surface area contributed by atoms with E-state index >= 15 is 0 Å². The van der Waals surface area contributed by atoms with E-state index in [4.69, 9.17) is 15.6 Å². The lowest BCUT2D eigenvalue weighted by Crippen LogP contribution is -2.49. The molecule has 35 heavy (non-hydrogen) atoms. The van der Waals surface area contributed by atoms with Crippen LogP contribution in [0.3, 0.4) is 0 Å². The number of alkyl halides is 3. The van der Waals surface area contributed by atoms with Crippen molar-refractivity contribution in [3.05, 3.63) is 24.0 Å². The highest BCUT2D eigenvalue weighted by atomic mass is 19.4. The summed E-state index contributed by atoms with van der Waals surface area (Å²) in [5.74, 6) is 0.147. The molecular weight excluding hydrogens is 459 g/mol. The highest BCUT2D eigenvalue weighted by Crippen LogP contribution is 2.73. The van der Waals surface area contributed by atoms with Crippen molar-refractivity contribution in [1.82, 2.24) is 19.7 Å². The number of hydrogen-bond acceptors (Lipinski definition) is 6. The number of morpholine rings is 1. The Morgan fingerprint density at radius 1 is 1.34 bits per heavy atom. The van der Waals surface area contributed by atoms with E-state index in [0.717, 1.165) is 44.7 Å². The van der Waals surface area contributed by atoms with Crippen molar-refractivity contribution < 1.29 is 22.6 Å². The lowest BCUT2D eigenvalue weighted by atomic mass is 9.95. The average Bonchev–Trinajstić information content (AvgIpc) is 3.10. The van der Waals surface area contributed by atoms with Crippen molar-refractivity contribution in [2.75, 3.05) is 25.5 Å². The third kappa shape index (κ3) is 4.39. The molecule has 3 fully saturated rings. The lowest BCUT2D eigenvalue weighted by Gasteiger charge is -2.39. The van der Waals surface area contributed by atoms with Gasteiger partial charge in [0, 0.05) is 48.0 Å². The van der Waals surface area contributed by atoms with Crippen molar-refractivity contribution >= 4 is 5.82 Å². The molecule has 6 unspecified atom stereocenters. The molecule has 192 valence electrons. The molecule has 7 nitrogen and oxygen atoms in total. The fourth-order valence-electron chi connectivity index (χ4n) is 6.42. The molecule has 2 saturated carbocycles. The lowest BCUT2D eigenvalue weighted by molar-refractivity contribution is -0.274. The molecule has 5 rings (SSSR count). The zero-order valence-electron chi connectivity index (χ0n) is 20.7. The molecular formula is C25H34F3N5O2. The normalized spacial score (nSPS) is 31.9. The second-order valence-electron chi connectivity index (χ2n) is 10.7. The van der Waals surface area contributed by atoms with Gasteiger partial charge in [-0.05, 0) is 56.6 Å². The summed E-state index contributed by atoms with van der Waals surface area (Å²) in [6.45, 7) is 11.4. The number of anilines is 1. The SMILES string of the molecule is CCC(C)n1nc(-c2cnc(N)c(OC(F)(F)F)c2)cc1C1C2CC(N3CCOCC3C)CC21C. The zero-order valence-corrected chi connectivity index (χ0v) is 20.7. The quantitative estimate of drug-likeness (QED) is 0.610. The fraction of sp³-hybridized carbons (Fsp3) is 0.680. The van der Waals surface area contributed by atoms with Crippen LogP contribution in [0.15, 0.2) is 18.3 Å². The van der Waals surface area contributed by atoms with E-state index < -0.39 is 12.1 Å². The van der Waals surface area contributed by atoms with Gasteiger partial charge in [0.15, 0.2) is 11.6 Å². The standard InChI is InChI=1S/C25H34F3N5O2/c1-5-14(2)33-20(10-19(31-33)16-8-21(23(29)30-12-16)35-25(26,27)28)22-18-9-17(11-24(18,22)4)32-6-7-34-13-15(32)3/h8,10,12,14-15,17-18,22H,5-7,9,11,13H2,1-4H3,(H2,29,30). The summed E-state index contributed by atoms with van der Waals surface area (Å²) in [5, 5.41) is 4.83. The van der Waals surface area contributed by atoms with Crippen LogP contribution in [0.25, 0.3) is 11.3 Å². The Hall–Kier alpha value is -2.33. The number of hydrogen-bond donors (Lipinski definition) is 1. The Morgan fingerprint density at radius 2 is 2.11 bits per heavy atom. The van der Waals surface area contributed by atoms with Crippen LogP contribution in [0, 0.1) is 11.3 Å². The molecule has 0 radical (unpaired) electrons. The van der Waals surface area contributed by atoms with E-state index in [1.165, 1.54) is 12.3 Å². The van der Waals surface area contributed by atoms with E-state index in [-0.39, 0.29) is 17.3 Å². The molecule has 2 N–H and O–H groups in total. The molecule has 0 aromatic carbocycles. The monoisotopic (exact) mass is 493 g/mol. The van der Waals surface area contributed by atoms with Crippen molar-refractivity contribution in [2.24, 2.45) is 11.3 Å². The third-order valence-electron chi connectivity index (χ3n) is 8.44. The maximum atomic E-state index is 12.8. The summed E-state index contributed by atoms with van der Waals surface area (Å²) in [5.41, 5.74) is 8.04. The minimum Gasteiger partial charge on any atom is -0.402 e. The molecule has 0 bridgehead atoms. The summed E-state index contributed by atoms with van der Waals surface area (Å²) in [6, 6.07) is 4.48. The smallest absolute Gasteiger partial charge is 0.402 e. The minimum atomic E-state index is -4.84. The molecule has 10 heteroatoms. The van der Waals surface area contributed by atoms with Crippen LogP contribution >= 0.6 is 0 Å². The number of pyridine rings is 1. The Labute approximate surface area is 203 Å². The summed E-state index contributed by atoms with van der Waals surface area (Å²) >= 11 is 0. The van der Waals surface area contributed by atoms with Gasteiger partial charge >= 0.3 is 6.36 Å². The Bertz CT molecular complexity index is 1090. The van der Waals surface area contributed by atoms with Crippen molar-refractivity contribution in [1.29, 1.82) is 0 Å². The second kappa shape index (κ2) is 8.65. The molecule has 1 saturated heterocycles. The van der Waals surface area contributed by atoms with Gasteiger partial charge in [-0.25, -0.2) is 4.98 Å². The number of aromatic nitrogens is 3. The van der Waals surface area contributed by atoms with Gasteiger partial charge in [-0.2, -0.15) is 5.10 Å². The summed E-state index contributed by atoms with van der Waals surface area (Å²) in [4.78, 5) is 6.54. The number of nitrogens with two attached hydrogens (primary N) is 1. The van der Waals surface area contributed by atoms with Crippen molar-refractivity contribution in [2.45, 2.75) is 77.4 Å². The van der Waals surface area contributed by atoms with Crippen LogP contribution in [0.1, 0.15) is 64.6 Å². The molecule has 2 aromatic rings. The molecule has 0 amide bonds. The first-order chi connectivity index (χ1) is 16.5. The first kappa shape index (κ1) is 24.4. The summed E-state index contributed by atoms with van der Waals surface area (Å²) < 4.78 is 50.2. The Morgan fingerprint density at radius 3 is 2.74 bits per heavy atom. The van der Waals surface area contributed by atoms with Crippen LogP contribution in [0.4, 0.5) is 19.0 Å². The van der Waals surface area contributed by atoms with E-state index in [1.54, 1.807) is 0 Å². The number of rotatable bonds is 6. The molecule has 2 aromatic heterocycles. The van der Waals surface area contributed by atoms with Gasteiger partial charge in [0.1, 0.15) is 0 Å². The zero-order chi connectivity index (χ0) is 25.1. The van der Waals surface area contributed by atoms with Crippen molar-refractivity contribution in [3.8, 4) is 17.0 Å². The topological polar surface area (TPSA) is 78.4 Å². The van der Waals surface area contributed by atoms with Gasteiger partial charge in [-0.15, -0.1) is 13.2 Å². The number of halogens is 3. The van der Waals surface area contributed by atoms with Gasteiger partial charge in [0.2, 0.25) is 0 Å². The van der Waals surface area contributed by atoms with E-state index in [2.05, 4.69) is 47.0 Å². The predicted molar refractivity (Wildman–Crippen MR) is 126 cm³/mol. The maximum Gasteiger partial charge on any atom is 0.573 e. The number of nitrogens with zero attached hydrogens (tertiary/aromatic N) is 4. The van der Waals surface area contributed by atoms with Gasteiger partial charge in [0.25, 0.3) is 0 Å².